The van der Waals surface area contributed by atoms with Crippen LogP contribution in [0.2, 0.25) is 0 Å². The van der Waals surface area contributed by atoms with E-state index in [0.717, 1.165) is 5.69 Å². The molecule has 0 spiro atoms. The maximum atomic E-state index is 10.8. The van der Waals surface area contributed by atoms with E-state index in [0.29, 0.717) is 11.3 Å². The second-order valence-electron chi connectivity index (χ2n) is 2.22. The van der Waals surface area contributed by atoms with Crippen molar-refractivity contribution in [2.24, 2.45) is 0 Å². The van der Waals surface area contributed by atoms with Crippen molar-refractivity contribution in [1.29, 1.82) is 0 Å². The summed E-state index contributed by atoms with van der Waals surface area (Å²) in [5.41, 5.74) is 7.01. The number of hydrogen-bond acceptors (Lipinski definition) is 3. The van der Waals surface area contributed by atoms with Crippen LogP contribution in [0.25, 0.3) is 0 Å². The molecule has 0 atom stereocenters. The first-order valence-electron chi connectivity index (χ1n) is 3.06. The lowest BCUT2D eigenvalue weighted by atomic mass is 10.2. The summed E-state index contributed by atoms with van der Waals surface area (Å²) in [6.45, 7) is 1.79. The van der Waals surface area contributed by atoms with E-state index in [1.54, 1.807) is 13.0 Å². The highest BCUT2D eigenvalue weighted by Crippen LogP contribution is 2.12. The van der Waals surface area contributed by atoms with Gasteiger partial charge in [-0.3, -0.25) is 9.78 Å². The van der Waals surface area contributed by atoms with E-state index in [1.807, 2.05) is 0 Å². The molecule has 2 N–H and O–H groups in total. The van der Waals surface area contributed by atoms with Gasteiger partial charge in [-0.15, -0.1) is 12.6 Å². The van der Waals surface area contributed by atoms with Crippen molar-refractivity contribution < 1.29 is 4.79 Å². The first-order chi connectivity index (χ1) is 5.11. The molecule has 0 unspecified atom stereocenters. The van der Waals surface area contributed by atoms with Gasteiger partial charge in [-0.2, -0.15) is 0 Å². The minimum atomic E-state index is -0.326. The quantitative estimate of drug-likeness (QED) is 0.616. The van der Waals surface area contributed by atoms with Crippen molar-refractivity contribution in [3.8, 4) is 0 Å². The number of carbonyl (C=O) groups excluding carboxylic acids is 1. The highest BCUT2D eigenvalue weighted by molar-refractivity contribution is 7.97. The molecule has 0 radical (unpaired) electrons. The minimum absolute atomic E-state index is 0.326. The molecular formula is C7H8N2OS. The van der Waals surface area contributed by atoms with E-state index in [2.05, 4.69) is 17.6 Å². The minimum Gasteiger partial charge on any atom is -0.397 e. The number of nitrogens with zero attached hydrogens (tertiary/aromatic N) is 1. The van der Waals surface area contributed by atoms with Gasteiger partial charge in [0.05, 0.1) is 17.4 Å². The summed E-state index contributed by atoms with van der Waals surface area (Å²) in [4.78, 5) is 14.7. The van der Waals surface area contributed by atoms with Crippen LogP contribution in [0.5, 0.6) is 0 Å². The van der Waals surface area contributed by atoms with Gasteiger partial charge in [-0.1, -0.05) is 0 Å². The molecule has 0 saturated heterocycles. The smallest absolute Gasteiger partial charge is 0.218 e. The highest BCUT2D eigenvalue weighted by atomic mass is 32.1. The SMILES string of the molecule is Cc1cc(C(=O)S)c(N)cn1. The third kappa shape index (κ3) is 1.71. The molecule has 58 valence electrons. The second kappa shape index (κ2) is 2.92. The van der Waals surface area contributed by atoms with Crippen molar-refractivity contribution in [1.82, 2.24) is 4.98 Å². The standard InChI is InChI=1S/C7H8N2OS/c1-4-2-5(7(10)11)6(8)3-9-4/h2-3H,8H2,1H3,(H,10,11). The van der Waals surface area contributed by atoms with Crippen LogP contribution in [-0.4, -0.2) is 10.1 Å². The Hall–Kier alpha value is -1.03. The monoisotopic (exact) mass is 168 g/mol. The lowest BCUT2D eigenvalue weighted by Crippen LogP contribution is -1.99. The van der Waals surface area contributed by atoms with Gasteiger partial charge in [-0.05, 0) is 13.0 Å². The highest BCUT2D eigenvalue weighted by Gasteiger charge is 2.04. The number of nitrogens with two attached hydrogens (primary N) is 1. The van der Waals surface area contributed by atoms with Gasteiger partial charge in [0.25, 0.3) is 0 Å². The maximum Gasteiger partial charge on any atom is 0.218 e. The molecule has 4 heteroatoms. The Labute approximate surface area is 70.0 Å². The third-order valence-electron chi connectivity index (χ3n) is 1.30. The lowest BCUT2D eigenvalue weighted by molar-refractivity contribution is 0.109. The first-order valence-corrected chi connectivity index (χ1v) is 3.51. The van der Waals surface area contributed by atoms with E-state index >= 15 is 0 Å². The van der Waals surface area contributed by atoms with Crippen LogP contribution in [0, 0.1) is 6.92 Å². The van der Waals surface area contributed by atoms with Crippen molar-refractivity contribution in [3.63, 3.8) is 0 Å². The lowest BCUT2D eigenvalue weighted by Gasteiger charge is -1.99. The molecule has 0 aromatic carbocycles. The van der Waals surface area contributed by atoms with Crippen LogP contribution in [0.15, 0.2) is 12.3 Å². The zero-order valence-corrected chi connectivity index (χ0v) is 6.93. The molecule has 3 nitrogen and oxygen atoms in total. The van der Waals surface area contributed by atoms with E-state index in [-0.39, 0.29) is 5.12 Å². The average Bonchev–Trinajstić information content (AvgIpc) is 1.94. The van der Waals surface area contributed by atoms with Gasteiger partial charge < -0.3 is 5.73 Å². The van der Waals surface area contributed by atoms with E-state index in [4.69, 9.17) is 5.73 Å². The number of aromatic nitrogens is 1. The average molecular weight is 168 g/mol. The Bertz CT molecular complexity index is 298. The molecular weight excluding hydrogens is 160 g/mol. The predicted octanol–water partition coefficient (Wildman–Crippen LogP) is 1.04. The molecule has 0 aliphatic rings. The van der Waals surface area contributed by atoms with Crippen molar-refractivity contribution in [2.75, 3.05) is 5.73 Å². The fourth-order valence-electron chi connectivity index (χ4n) is 0.756. The third-order valence-corrected chi connectivity index (χ3v) is 1.54. The number of aryl methyl sites for hydroxylation is 1. The van der Waals surface area contributed by atoms with Gasteiger partial charge in [-0.25, -0.2) is 0 Å². The van der Waals surface area contributed by atoms with Crippen molar-refractivity contribution in [2.45, 2.75) is 6.92 Å². The molecule has 1 rings (SSSR count). The van der Waals surface area contributed by atoms with Gasteiger partial charge >= 0.3 is 0 Å². The number of anilines is 1. The normalized spacial score (nSPS) is 9.64. The fraction of sp³-hybridized carbons (Fsp3) is 0.143. The van der Waals surface area contributed by atoms with Crippen LogP contribution in [-0.2, 0) is 0 Å². The number of carbonyl (C=O) groups is 1. The van der Waals surface area contributed by atoms with Gasteiger partial charge in [0.15, 0.2) is 0 Å². The second-order valence-corrected chi connectivity index (χ2v) is 2.62. The summed E-state index contributed by atoms with van der Waals surface area (Å²) >= 11 is 3.66. The number of thiol groups is 1. The zero-order valence-electron chi connectivity index (χ0n) is 6.03. The van der Waals surface area contributed by atoms with Gasteiger partial charge in [0.1, 0.15) is 0 Å². The number of hydrogen-bond donors (Lipinski definition) is 2. The Balaban J connectivity index is 3.23. The van der Waals surface area contributed by atoms with Crippen LogP contribution in [0.4, 0.5) is 5.69 Å². The summed E-state index contributed by atoms with van der Waals surface area (Å²) < 4.78 is 0. The van der Waals surface area contributed by atoms with Crippen LogP contribution >= 0.6 is 12.6 Å². The van der Waals surface area contributed by atoms with Crippen LogP contribution in [0.1, 0.15) is 16.1 Å². The first kappa shape index (κ1) is 8.07. The van der Waals surface area contributed by atoms with E-state index < -0.39 is 0 Å². The van der Waals surface area contributed by atoms with Crippen molar-refractivity contribution in [3.05, 3.63) is 23.5 Å². The molecule has 0 aliphatic heterocycles. The summed E-state index contributed by atoms with van der Waals surface area (Å²) in [6.07, 6.45) is 1.46. The van der Waals surface area contributed by atoms with E-state index in [9.17, 15) is 4.79 Å². The molecule has 1 aromatic rings. The topological polar surface area (TPSA) is 56.0 Å². The largest absolute Gasteiger partial charge is 0.397 e. The van der Waals surface area contributed by atoms with Crippen LogP contribution < -0.4 is 5.73 Å². The van der Waals surface area contributed by atoms with Crippen LogP contribution in [0.3, 0.4) is 0 Å². The molecule has 11 heavy (non-hydrogen) atoms. The maximum absolute atomic E-state index is 10.8. The molecule has 0 aliphatic carbocycles. The summed E-state index contributed by atoms with van der Waals surface area (Å²) in [5, 5.41) is -0.326. The Morgan fingerprint density at radius 2 is 2.36 bits per heavy atom. The molecule has 0 saturated carbocycles. The zero-order chi connectivity index (χ0) is 8.43. The molecule has 0 bridgehead atoms. The fourth-order valence-corrected chi connectivity index (χ4v) is 0.949. The van der Waals surface area contributed by atoms with Crippen molar-refractivity contribution >= 4 is 23.4 Å². The Kier molecular flexibility index (Phi) is 2.14. The number of rotatable bonds is 1. The molecule has 0 fully saturated rings. The molecule has 1 aromatic heterocycles. The summed E-state index contributed by atoms with van der Waals surface area (Å²) in [6, 6.07) is 1.62. The number of nitrogen functional groups attached to an aromatic ring is 1. The summed E-state index contributed by atoms with van der Waals surface area (Å²) in [5.74, 6) is 0. The van der Waals surface area contributed by atoms with E-state index in [1.165, 1.54) is 6.20 Å². The van der Waals surface area contributed by atoms with Gasteiger partial charge in [0.2, 0.25) is 5.12 Å². The summed E-state index contributed by atoms with van der Waals surface area (Å²) in [7, 11) is 0. The Morgan fingerprint density at radius 1 is 1.73 bits per heavy atom. The predicted molar refractivity (Wildman–Crippen MR) is 46.7 cm³/mol. The molecule has 1 heterocycles. The molecule has 0 amide bonds. The van der Waals surface area contributed by atoms with Gasteiger partial charge in [0, 0.05) is 5.69 Å². The Morgan fingerprint density at radius 3 is 2.82 bits per heavy atom. The number of pyridine rings is 1.